The quantitative estimate of drug-likeness (QED) is 0.940. The minimum Gasteiger partial charge on any atom is -0.348 e. The van der Waals surface area contributed by atoms with E-state index in [-0.39, 0.29) is 11.8 Å². The molecule has 0 atom stereocenters. The number of rotatable bonds is 4. The molecule has 0 unspecified atom stereocenters. The predicted molar refractivity (Wildman–Crippen MR) is 93.9 cm³/mol. The standard InChI is InChI=1S/C20H22N2O2/c1-15-7-2-3-8-18(15)14-21-19(23)16-9-6-10-17(13-16)20(24)22-11-4-5-12-22/h2-3,6-10,13H,4-5,11-12,14H2,1H3,(H,21,23). The largest absolute Gasteiger partial charge is 0.348 e. The van der Waals surface area contributed by atoms with Crippen molar-refractivity contribution in [3.05, 3.63) is 70.8 Å². The molecule has 4 nitrogen and oxygen atoms in total. The number of carbonyl (C=O) groups excluding carboxylic acids is 2. The number of carbonyl (C=O) groups is 2. The van der Waals surface area contributed by atoms with Gasteiger partial charge in [-0.15, -0.1) is 0 Å². The molecular weight excluding hydrogens is 300 g/mol. The van der Waals surface area contributed by atoms with Gasteiger partial charge in [-0.05, 0) is 49.1 Å². The van der Waals surface area contributed by atoms with Crippen molar-refractivity contribution < 1.29 is 9.59 Å². The molecule has 1 saturated heterocycles. The lowest BCUT2D eigenvalue weighted by molar-refractivity contribution is 0.0793. The summed E-state index contributed by atoms with van der Waals surface area (Å²) in [7, 11) is 0. The molecule has 1 fully saturated rings. The van der Waals surface area contributed by atoms with Gasteiger partial charge in [0, 0.05) is 30.8 Å². The highest BCUT2D eigenvalue weighted by Crippen LogP contribution is 2.14. The maximum Gasteiger partial charge on any atom is 0.253 e. The number of hydrogen-bond acceptors (Lipinski definition) is 2. The molecule has 0 saturated carbocycles. The molecule has 4 heteroatoms. The van der Waals surface area contributed by atoms with Gasteiger partial charge >= 0.3 is 0 Å². The van der Waals surface area contributed by atoms with Crippen molar-refractivity contribution in [1.82, 2.24) is 10.2 Å². The molecule has 2 aromatic carbocycles. The van der Waals surface area contributed by atoms with Gasteiger partial charge in [0.25, 0.3) is 11.8 Å². The maximum atomic E-state index is 12.4. The van der Waals surface area contributed by atoms with E-state index in [2.05, 4.69) is 5.32 Å². The molecule has 0 aromatic heterocycles. The van der Waals surface area contributed by atoms with Gasteiger partial charge in [-0.1, -0.05) is 30.3 Å². The summed E-state index contributed by atoms with van der Waals surface area (Å²) in [5, 5.41) is 2.93. The number of likely N-dealkylation sites (tertiary alicyclic amines) is 1. The van der Waals surface area contributed by atoms with Crippen LogP contribution in [0.3, 0.4) is 0 Å². The average molecular weight is 322 g/mol. The second-order valence-corrected chi connectivity index (χ2v) is 6.19. The second-order valence-electron chi connectivity index (χ2n) is 6.19. The fraction of sp³-hybridized carbons (Fsp3) is 0.300. The van der Waals surface area contributed by atoms with Gasteiger partial charge in [0.1, 0.15) is 0 Å². The van der Waals surface area contributed by atoms with E-state index < -0.39 is 0 Å². The van der Waals surface area contributed by atoms with Crippen LogP contribution in [0.2, 0.25) is 0 Å². The van der Waals surface area contributed by atoms with E-state index in [4.69, 9.17) is 0 Å². The van der Waals surface area contributed by atoms with E-state index in [1.807, 2.05) is 36.1 Å². The van der Waals surface area contributed by atoms with Crippen LogP contribution in [0.5, 0.6) is 0 Å². The van der Waals surface area contributed by atoms with Gasteiger partial charge in [0.05, 0.1) is 0 Å². The lowest BCUT2D eigenvalue weighted by atomic mass is 10.1. The molecule has 1 heterocycles. The third kappa shape index (κ3) is 3.65. The molecule has 0 spiro atoms. The topological polar surface area (TPSA) is 49.4 Å². The number of aryl methyl sites for hydroxylation is 1. The zero-order valence-electron chi connectivity index (χ0n) is 13.9. The fourth-order valence-corrected chi connectivity index (χ4v) is 2.98. The Bertz CT molecular complexity index is 749. The highest BCUT2D eigenvalue weighted by molar-refractivity contribution is 5.99. The molecule has 124 valence electrons. The van der Waals surface area contributed by atoms with E-state index in [1.165, 1.54) is 0 Å². The van der Waals surface area contributed by atoms with Crippen LogP contribution in [-0.4, -0.2) is 29.8 Å². The zero-order chi connectivity index (χ0) is 16.9. The zero-order valence-corrected chi connectivity index (χ0v) is 13.9. The van der Waals surface area contributed by atoms with Crippen molar-refractivity contribution in [2.24, 2.45) is 0 Å². The Morgan fingerprint density at radius 3 is 2.46 bits per heavy atom. The number of nitrogens with zero attached hydrogens (tertiary/aromatic N) is 1. The second kappa shape index (κ2) is 7.30. The minimum absolute atomic E-state index is 0.0149. The summed E-state index contributed by atoms with van der Waals surface area (Å²) in [6, 6.07) is 14.9. The van der Waals surface area contributed by atoms with Crippen molar-refractivity contribution in [3.63, 3.8) is 0 Å². The molecule has 0 bridgehead atoms. The monoisotopic (exact) mass is 322 g/mol. The smallest absolute Gasteiger partial charge is 0.253 e. The molecule has 0 aliphatic carbocycles. The summed E-state index contributed by atoms with van der Waals surface area (Å²) in [6.45, 7) is 4.12. The molecule has 2 amide bonds. The normalized spacial score (nSPS) is 13.8. The Balaban J connectivity index is 1.68. The van der Waals surface area contributed by atoms with Gasteiger partial charge in [-0.25, -0.2) is 0 Å². The average Bonchev–Trinajstić information content (AvgIpc) is 3.15. The van der Waals surface area contributed by atoms with Crippen LogP contribution >= 0.6 is 0 Å². The molecule has 3 rings (SSSR count). The van der Waals surface area contributed by atoms with E-state index >= 15 is 0 Å². The lowest BCUT2D eigenvalue weighted by Crippen LogP contribution is -2.28. The number of amides is 2. The summed E-state index contributed by atoms with van der Waals surface area (Å²) < 4.78 is 0. The lowest BCUT2D eigenvalue weighted by Gasteiger charge is -2.15. The van der Waals surface area contributed by atoms with Crippen LogP contribution in [0.1, 0.15) is 44.7 Å². The fourth-order valence-electron chi connectivity index (χ4n) is 2.98. The maximum absolute atomic E-state index is 12.4. The Morgan fingerprint density at radius 2 is 1.71 bits per heavy atom. The third-order valence-corrected chi connectivity index (χ3v) is 4.47. The van der Waals surface area contributed by atoms with E-state index in [9.17, 15) is 9.59 Å². The van der Waals surface area contributed by atoms with Crippen LogP contribution in [0.15, 0.2) is 48.5 Å². The highest BCUT2D eigenvalue weighted by atomic mass is 16.2. The summed E-state index contributed by atoms with van der Waals surface area (Å²) in [6.07, 6.45) is 2.12. The van der Waals surface area contributed by atoms with Crippen LogP contribution < -0.4 is 5.32 Å². The first-order chi connectivity index (χ1) is 11.6. The first-order valence-electron chi connectivity index (χ1n) is 8.37. The summed E-state index contributed by atoms with van der Waals surface area (Å²) in [5.41, 5.74) is 3.35. The van der Waals surface area contributed by atoms with E-state index in [1.54, 1.807) is 24.3 Å². The number of benzene rings is 2. The Morgan fingerprint density at radius 1 is 1.00 bits per heavy atom. The molecule has 1 N–H and O–H groups in total. The van der Waals surface area contributed by atoms with Gasteiger partial charge in [0.2, 0.25) is 0 Å². The molecule has 24 heavy (non-hydrogen) atoms. The Hall–Kier alpha value is -2.62. The molecule has 2 aromatic rings. The third-order valence-electron chi connectivity index (χ3n) is 4.47. The molecule has 0 radical (unpaired) electrons. The SMILES string of the molecule is Cc1ccccc1CNC(=O)c1cccc(C(=O)N2CCCC2)c1. The summed E-state index contributed by atoms with van der Waals surface area (Å²) in [5.74, 6) is -0.143. The Labute approximate surface area is 142 Å². The van der Waals surface area contributed by atoms with E-state index in [0.29, 0.717) is 17.7 Å². The summed E-state index contributed by atoms with van der Waals surface area (Å²) >= 11 is 0. The highest BCUT2D eigenvalue weighted by Gasteiger charge is 2.20. The first kappa shape index (κ1) is 16.2. The molecular formula is C20H22N2O2. The van der Waals surface area contributed by atoms with Crippen LogP contribution in [0.25, 0.3) is 0 Å². The van der Waals surface area contributed by atoms with Crippen LogP contribution in [-0.2, 0) is 6.54 Å². The minimum atomic E-state index is -0.158. The van der Waals surface area contributed by atoms with Gasteiger partial charge in [0.15, 0.2) is 0 Å². The van der Waals surface area contributed by atoms with E-state index in [0.717, 1.165) is 37.1 Å². The molecule has 1 aliphatic rings. The van der Waals surface area contributed by atoms with Gasteiger partial charge in [-0.2, -0.15) is 0 Å². The predicted octanol–water partition coefficient (Wildman–Crippen LogP) is 3.16. The first-order valence-corrected chi connectivity index (χ1v) is 8.37. The van der Waals surface area contributed by atoms with Gasteiger partial charge < -0.3 is 10.2 Å². The number of hydrogen-bond donors (Lipinski definition) is 1. The van der Waals surface area contributed by atoms with Crippen molar-refractivity contribution in [2.75, 3.05) is 13.1 Å². The Kier molecular flexibility index (Phi) is 4.94. The van der Waals surface area contributed by atoms with Gasteiger partial charge in [-0.3, -0.25) is 9.59 Å². The van der Waals surface area contributed by atoms with Crippen LogP contribution in [0.4, 0.5) is 0 Å². The number of nitrogens with one attached hydrogen (secondary N) is 1. The van der Waals surface area contributed by atoms with Crippen LogP contribution in [0, 0.1) is 6.92 Å². The summed E-state index contributed by atoms with van der Waals surface area (Å²) in [4.78, 5) is 26.7. The van der Waals surface area contributed by atoms with Crippen molar-refractivity contribution in [3.8, 4) is 0 Å². The van der Waals surface area contributed by atoms with Crippen molar-refractivity contribution in [1.29, 1.82) is 0 Å². The molecule has 1 aliphatic heterocycles. The van der Waals surface area contributed by atoms with Crippen molar-refractivity contribution >= 4 is 11.8 Å². The van der Waals surface area contributed by atoms with Crippen molar-refractivity contribution in [2.45, 2.75) is 26.3 Å².